The fourth-order valence-electron chi connectivity index (χ4n) is 0.808. The number of carbonyl (C=O) groups excluding carboxylic acids is 2. The van der Waals surface area contributed by atoms with Crippen LogP contribution in [0.4, 0.5) is 4.79 Å². The zero-order valence-corrected chi connectivity index (χ0v) is 6.52. The third-order valence-electron chi connectivity index (χ3n) is 1.38. The summed E-state index contributed by atoms with van der Waals surface area (Å²) in [4.78, 5) is 31.7. The molecular formula is C8H6O5. The van der Waals surface area contributed by atoms with Crippen LogP contribution in [0.5, 0.6) is 0 Å². The molecule has 5 heteroatoms. The molecule has 0 atom stereocenters. The Hall–Kier alpha value is -1.91. The molecular weight excluding hydrogens is 176 g/mol. The number of rotatable bonds is 2. The zero-order valence-electron chi connectivity index (χ0n) is 6.52. The molecule has 0 saturated carbocycles. The van der Waals surface area contributed by atoms with Crippen molar-refractivity contribution in [2.75, 3.05) is 6.61 Å². The first-order chi connectivity index (χ1) is 6.09. The SMILES string of the molecule is O=C1C=CC(=O)C(COC(=O)O)=C1. The predicted octanol–water partition coefficient (Wildman–Crippen LogP) is 0.315. The van der Waals surface area contributed by atoms with Crippen LogP contribution in [0, 0.1) is 0 Å². The molecule has 0 unspecified atom stereocenters. The topological polar surface area (TPSA) is 80.7 Å². The number of carbonyl (C=O) groups is 3. The molecule has 0 bridgehead atoms. The lowest BCUT2D eigenvalue weighted by molar-refractivity contribution is -0.114. The minimum atomic E-state index is -1.48. The van der Waals surface area contributed by atoms with E-state index in [1.54, 1.807) is 0 Å². The average Bonchev–Trinajstić information content (AvgIpc) is 2.06. The van der Waals surface area contributed by atoms with E-state index in [1.165, 1.54) is 0 Å². The van der Waals surface area contributed by atoms with E-state index in [-0.39, 0.29) is 18.0 Å². The lowest BCUT2D eigenvalue weighted by Gasteiger charge is -2.04. The van der Waals surface area contributed by atoms with Crippen molar-refractivity contribution in [2.24, 2.45) is 0 Å². The number of carboxylic acid groups (broad SMARTS) is 1. The maximum atomic E-state index is 11.0. The van der Waals surface area contributed by atoms with Gasteiger partial charge in [0, 0.05) is 5.57 Å². The Kier molecular flexibility index (Phi) is 2.59. The third kappa shape index (κ3) is 2.55. The van der Waals surface area contributed by atoms with Crippen LogP contribution in [0.25, 0.3) is 0 Å². The van der Waals surface area contributed by atoms with Gasteiger partial charge in [-0.3, -0.25) is 9.59 Å². The van der Waals surface area contributed by atoms with Crippen molar-refractivity contribution < 1.29 is 24.2 Å². The zero-order chi connectivity index (χ0) is 9.84. The largest absolute Gasteiger partial charge is 0.506 e. The van der Waals surface area contributed by atoms with Crippen LogP contribution in [-0.2, 0) is 14.3 Å². The van der Waals surface area contributed by atoms with Gasteiger partial charge in [0.15, 0.2) is 11.6 Å². The second-order valence-electron chi connectivity index (χ2n) is 2.32. The van der Waals surface area contributed by atoms with E-state index in [1.807, 2.05) is 0 Å². The van der Waals surface area contributed by atoms with Crippen molar-refractivity contribution in [2.45, 2.75) is 0 Å². The van der Waals surface area contributed by atoms with Crippen LogP contribution in [0.15, 0.2) is 23.8 Å². The molecule has 1 N–H and O–H groups in total. The molecule has 68 valence electrons. The van der Waals surface area contributed by atoms with E-state index < -0.39 is 11.9 Å². The van der Waals surface area contributed by atoms with E-state index in [0.717, 1.165) is 18.2 Å². The Morgan fingerprint density at radius 2 is 2.08 bits per heavy atom. The summed E-state index contributed by atoms with van der Waals surface area (Å²) in [6, 6.07) is 0. The van der Waals surface area contributed by atoms with Crippen molar-refractivity contribution in [1.29, 1.82) is 0 Å². The van der Waals surface area contributed by atoms with Gasteiger partial charge < -0.3 is 9.84 Å². The van der Waals surface area contributed by atoms with E-state index >= 15 is 0 Å². The molecule has 0 aromatic rings. The molecule has 0 aromatic heterocycles. The van der Waals surface area contributed by atoms with Crippen LogP contribution in [0.1, 0.15) is 0 Å². The number of allylic oxidation sites excluding steroid dienone is 3. The molecule has 0 fully saturated rings. The number of ketones is 2. The van der Waals surface area contributed by atoms with Gasteiger partial charge in [-0.1, -0.05) is 0 Å². The lowest BCUT2D eigenvalue weighted by Crippen LogP contribution is -2.14. The van der Waals surface area contributed by atoms with Crippen LogP contribution in [-0.4, -0.2) is 29.4 Å². The molecule has 1 aliphatic carbocycles. The summed E-state index contributed by atoms with van der Waals surface area (Å²) in [6.07, 6.45) is 1.79. The number of ether oxygens (including phenoxy) is 1. The van der Waals surface area contributed by atoms with Crippen molar-refractivity contribution in [3.05, 3.63) is 23.8 Å². The van der Waals surface area contributed by atoms with E-state index in [9.17, 15) is 14.4 Å². The Labute approximate surface area is 73.3 Å². The van der Waals surface area contributed by atoms with Gasteiger partial charge in [-0.25, -0.2) is 4.79 Å². The molecule has 0 radical (unpaired) electrons. The molecule has 13 heavy (non-hydrogen) atoms. The van der Waals surface area contributed by atoms with Gasteiger partial charge in [0.25, 0.3) is 0 Å². The summed E-state index contributed by atoms with van der Waals surface area (Å²) in [7, 11) is 0. The molecule has 1 rings (SSSR count). The summed E-state index contributed by atoms with van der Waals surface area (Å²) >= 11 is 0. The molecule has 5 nitrogen and oxygen atoms in total. The maximum absolute atomic E-state index is 11.0. The summed E-state index contributed by atoms with van der Waals surface area (Å²) in [6.45, 7) is -0.385. The summed E-state index contributed by atoms with van der Waals surface area (Å²) in [5.41, 5.74) is 0.0508. The fourth-order valence-corrected chi connectivity index (χ4v) is 0.808. The van der Waals surface area contributed by atoms with Gasteiger partial charge in [0.1, 0.15) is 6.61 Å². The smallest absolute Gasteiger partial charge is 0.450 e. The fraction of sp³-hybridized carbons (Fsp3) is 0.125. The van der Waals surface area contributed by atoms with Gasteiger partial charge in [-0.2, -0.15) is 0 Å². The van der Waals surface area contributed by atoms with E-state index in [0.29, 0.717) is 0 Å². The maximum Gasteiger partial charge on any atom is 0.506 e. The second-order valence-corrected chi connectivity index (χ2v) is 2.32. The highest BCUT2D eigenvalue weighted by Gasteiger charge is 2.14. The van der Waals surface area contributed by atoms with Crippen LogP contribution < -0.4 is 0 Å². The van der Waals surface area contributed by atoms with Crippen LogP contribution in [0.3, 0.4) is 0 Å². The summed E-state index contributed by atoms with van der Waals surface area (Å²) in [5, 5.41) is 8.13. The predicted molar refractivity (Wildman–Crippen MR) is 41.2 cm³/mol. The minimum Gasteiger partial charge on any atom is -0.450 e. The summed E-state index contributed by atoms with van der Waals surface area (Å²) in [5.74, 6) is -0.746. The Morgan fingerprint density at radius 3 is 2.69 bits per heavy atom. The summed E-state index contributed by atoms with van der Waals surface area (Å²) < 4.78 is 4.14. The Bertz CT molecular complexity index is 323. The highest BCUT2D eigenvalue weighted by molar-refractivity contribution is 6.17. The first-order valence-electron chi connectivity index (χ1n) is 3.42. The van der Waals surface area contributed by atoms with Crippen molar-refractivity contribution in [3.63, 3.8) is 0 Å². The van der Waals surface area contributed by atoms with Gasteiger partial charge in [-0.15, -0.1) is 0 Å². The van der Waals surface area contributed by atoms with Crippen molar-refractivity contribution in [1.82, 2.24) is 0 Å². The lowest BCUT2D eigenvalue weighted by atomic mass is 10.1. The van der Waals surface area contributed by atoms with Gasteiger partial charge >= 0.3 is 6.16 Å². The Balaban J connectivity index is 2.63. The highest BCUT2D eigenvalue weighted by atomic mass is 16.7. The molecule has 1 aliphatic rings. The highest BCUT2D eigenvalue weighted by Crippen LogP contribution is 2.05. The first kappa shape index (κ1) is 9.18. The standard InChI is InChI=1S/C8H6O5/c9-6-1-2-7(10)5(3-6)4-13-8(11)12/h1-3H,4H2,(H,11,12). The van der Waals surface area contributed by atoms with Gasteiger partial charge in [0.05, 0.1) is 0 Å². The molecule has 0 aliphatic heterocycles. The second kappa shape index (κ2) is 3.66. The van der Waals surface area contributed by atoms with Crippen molar-refractivity contribution >= 4 is 17.7 Å². The van der Waals surface area contributed by atoms with Crippen molar-refractivity contribution in [3.8, 4) is 0 Å². The monoisotopic (exact) mass is 182 g/mol. The van der Waals surface area contributed by atoms with Gasteiger partial charge in [-0.05, 0) is 18.2 Å². The van der Waals surface area contributed by atoms with E-state index in [2.05, 4.69) is 4.74 Å². The normalized spacial score (nSPS) is 15.5. The molecule has 0 aromatic carbocycles. The van der Waals surface area contributed by atoms with Crippen LogP contribution >= 0.6 is 0 Å². The Morgan fingerprint density at radius 1 is 1.38 bits per heavy atom. The average molecular weight is 182 g/mol. The molecule has 0 saturated heterocycles. The molecule has 0 amide bonds. The number of hydrogen-bond acceptors (Lipinski definition) is 4. The molecule has 0 spiro atoms. The van der Waals surface area contributed by atoms with Crippen LogP contribution in [0.2, 0.25) is 0 Å². The first-order valence-corrected chi connectivity index (χ1v) is 3.42. The van der Waals surface area contributed by atoms with Gasteiger partial charge in [0.2, 0.25) is 0 Å². The quantitative estimate of drug-likeness (QED) is 0.491. The molecule has 0 heterocycles. The minimum absolute atomic E-state index is 0.0508. The third-order valence-corrected chi connectivity index (χ3v) is 1.38. The van der Waals surface area contributed by atoms with E-state index in [4.69, 9.17) is 5.11 Å². The number of hydrogen-bond donors (Lipinski definition) is 1.